The van der Waals surface area contributed by atoms with Crippen molar-refractivity contribution in [3.63, 3.8) is 0 Å². The summed E-state index contributed by atoms with van der Waals surface area (Å²) in [5.41, 5.74) is 4.46. The number of ether oxygens (including phenoxy) is 3. The van der Waals surface area contributed by atoms with Crippen LogP contribution in [0.25, 0.3) is 21.9 Å². The first-order valence-electron chi connectivity index (χ1n) is 18.5. The number of benzene rings is 2. The predicted octanol–water partition coefficient (Wildman–Crippen LogP) is 2.15. The van der Waals surface area contributed by atoms with E-state index in [-0.39, 0.29) is 42.2 Å². The molecule has 4 amide bonds. The molecule has 17 nitrogen and oxygen atoms in total. The molecule has 0 aliphatic carbocycles. The van der Waals surface area contributed by atoms with E-state index in [0.29, 0.717) is 55.3 Å². The topological polar surface area (TPSA) is 183 Å². The van der Waals surface area contributed by atoms with Gasteiger partial charge in [0.2, 0.25) is 11.8 Å². The molecule has 17 heteroatoms. The lowest BCUT2D eigenvalue weighted by Crippen LogP contribution is -2.54. The van der Waals surface area contributed by atoms with Gasteiger partial charge in [-0.15, -0.1) is 5.10 Å². The molecule has 1 N–H and O–H groups in total. The van der Waals surface area contributed by atoms with Crippen molar-refractivity contribution in [1.29, 1.82) is 0 Å². The molecular formula is C40H41N9O8. The highest BCUT2D eigenvalue weighted by molar-refractivity contribution is 6.23. The summed E-state index contributed by atoms with van der Waals surface area (Å²) in [5.74, 6) is -0.779. The number of nitrogens with zero attached hydrogens (tertiary/aromatic N) is 8. The Morgan fingerprint density at radius 2 is 1.67 bits per heavy atom. The number of likely N-dealkylation sites (N-methyl/N-ethyl adjacent to an activating group) is 1. The van der Waals surface area contributed by atoms with Crippen LogP contribution in [0.5, 0.6) is 11.5 Å². The van der Waals surface area contributed by atoms with Crippen molar-refractivity contribution in [1.82, 2.24) is 39.7 Å². The minimum Gasteiger partial charge on any atom is -0.496 e. The van der Waals surface area contributed by atoms with E-state index >= 15 is 0 Å². The van der Waals surface area contributed by atoms with Gasteiger partial charge in [-0.1, -0.05) is 5.21 Å². The van der Waals surface area contributed by atoms with Crippen LogP contribution in [0.3, 0.4) is 0 Å². The van der Waals surface area contributed by atoms with Crippen molar-refractivity contribution in [3.8, 4) is 22.6 Å². The van der Waals surface area contributed by atoms with Crippen LogP contribution in [0.2, 0.25) is 0 Å². The van der Waals surface area contributed by atoms with Gasteiger partial charge in [0.1, 0.15) is 23.2 Å². The van der Waals surface area contributed by atoms with Gasteiger partial charge in [0.25, 0.3) is 17.4 Å². The smallest absolute Gasteiger partial charge is 0.262 e. The summed E-state index contributed by atoms with van der Waals surface area (Å²) in [6, 6.07) is 9.84. The maximum atomic E-state index is 13.2. The molecule has 8 rings (SSSR count). The first-order valence-corrected chi connectivity index (χ1v) is 18.5. The third-order valence-corrected chi connectivity index (χ3v) is 10.7. The number of amides is 4. The second-order valence-electron chi connectivity index (χ2n) is 14.5. The van der Waals surface area contributed by atoms with E-state index in [2.05, 4.69) is 25.5 Å². The van der Waals surface area contributed by atoms with Crippen molar-refractivity contribution >= 4 is 40.1 Å². The Morgan fingerprint density at radius 1 is 0.912 bits per heavy atom. The lowest BCUT2D eigenvalue weighted by atomic mass is 9.99. The Kier molecular flexibility index (Phi) is 10.0. The summed E-state index contributed by atoms with van der Waals surface area (Å²) >= 11 is 0. The molecule has 0 radical (unpaired) electrons. The minimum atomic E-state index is -1.00. The van der Waals surface area contributed by atoms with E-state index < -0.39 is 29.7 Å². The molecule has 2 fully saturated rings. The van der Waals surface area contributed by atoms with Gasteiger partial charge in [-0.05, 0) is 60.8 Å². The van der Waals surface area contributed by atoms with E-state index in [1.54, 1.807) is 61.1 Å². The quantitative estimate of drug-likeness (QED) is 0.172. The van der Waals surface area contributed by atoms with Gasteiger partial charge in [0.05, 0.1) is 61.7 Å². The Labute approximate surface area is 326 Å². The molecule has 0 bridgehead atoms. The molecule has 3 aromatic heterocycles. The van der Waals surface area contributed by atoms with Gasteiger partial charge >= 0.3 is 0 Å². The summed E-state index contributed by atoms with van der Waals surface area (Å²) < 4.78 is 21.1. The summed E-state index contributed by atoms with van der Waals surface area (Å²) in [6.07, 6.45) is 7.06. The molecule has 1 atom stereocenters. The molecule has 2 saturated heterocycles. The summed E-state index contributed by atoms with van der Waals surface area (Å²) in [7, 11) is 6.99. The number of methoxy groups -OCH3 is 2. The third kappa shape index (κ3) is 7.10. The molecule has 0 spiro atoms. The minimum absolute atomic E-state index is 0.0623. The fourth-order valence-electron chi connectivity index (χ4n) is 7.59. The zero-order chi connectivity index (χ0) is 40.0. The molecule has 57 heavy (non-hydrogen) atoms. The van der Waals surface area contributed by atoms with E-state index in [9.17, 15) is 24.0 Å². The number of hydrogen-bond acceptors (Lipinski definition) is 13. The number of hydrogen-bond donors (Lipinski definition) is 1. The fourth-order valence-corrected chi connectivity index (χ4v) is 7.59. The Balaban J connectivity index is 0.837. The van der Waals surface area contributed by atoms with Crippen LogP contribution < -0.4 is 25.2 Å². The van der Waals surface area contributed by atoms with Crippen LogP contribution in [-0.2, 0) is 41.1 Å². The summed E-state index contributed by atoms with van der Waals surface area (Å²) in [5, 5.41) is 12.1. The highest BCUT2D eigenvalue weighted by atomic mass is 16.5. The van der Waals surface area contributed by atoms with E-state index in [1.807, 2.05) is 42.5 Å². The standard InChI is InChI=1S/C40H41N9O8/c1-45(20-32-34(55-3)13-23(14-35(32)56-4)31-21-46(2)38(52)30-16-41-10-9-27(30)31)11-12-48-17-24(43-44-48)22-57-26-18-47(19-26)25-5-6-28-29(15-25)40(54)49(39(28)53)33-7-8-36(50)42-37(33)51/h5-6,9-10,13-17,21,26,33H,7-8,11-12,18-20,22H2,1-4H3,(H,42,50,51). The van der Waals surface area contributed by atoms with Crippen molar-refractivity contribution in [3.05, 3.63) is 93.9 Å². The number of imide groups is 2. The van der Waals surface area contributed by atoms with Crippen LogP contribution >= 0.6 is 0 Å². The molecular weight excluding hydrogens is 734 g/mol. The van der Waals surface area contributed by atoms with Gasteiger partial charge in [0.15, 0.2) is 0 Å². The van der Waals surface area contributed by atoms with Crippen molar-refractivity contribution < 1.29 is 33.4 Å². The predicted molar refractivity (Wildman–Crippen MR) is 206 cm³/mol. The molecule has 3 aliphatic rings. The second kappa shape index (κ2) is 15.2. The first kappa shape index (κ1) is 37.5. The van der Waals surface area contributed by atoms with Crippen LogP contribution in [0.1, 0.15) is 44.8 Å². The number of aryl methyl sites for hydroxylation is 1. The third-order valence-electron chi connectivity index (χ3n) is 10.7. The molecule has 294 valence electrons. The Morgan fingerprint density at radius 3 is 2.40 bits per heavy atom. The second-order valence-corrected chi connectivity index (χ2v) is 14.5. The van der Waals surface area contributed by atoms with E-state index in [0.717, 1.165) is 32.7 Å². The van der Waals surface area contributed by atoms with Crippen molar-refractivity contribution in [2.24, 2.45) is 7.05 Å². The average molecular weight is 776 g/mol. The van der Waals surface area contributed by atoms with Crippen LogP contribution in [0.15, 0.2) is 66.0 Å². The molecule has 1 unspecified atom stereocenters. The Bertz CT molecular complexity index is 2470. The Hall–Kier alpha value is -6.46. The highest BCUT2D eigenvalue weighted by Gasteiger charge is 2.45. The summed E-state index contributed by atoms with van der Waals surface area (Å²) in [6.45, 7) is 3.25. The van der Waals surface area contributed by atoms with Gasteiger partial charge in [-0.25, -0.2) is 0 Å². The zero-order valence-electron chi connectivity index (χ0n) is 31.9. The zero-order valence-corrected chi connectivity index (χ0v) is 31.9. The van der Waals surface area contributed by atoms with Crippen molar-refractivity contribution in [2.75, 3.05) is 45.8 Å². The maximum absolute atomic E-state index is 13.2. The number of aromatic nitrogens is 5. The lowest BCUT2D eigenvalue weighted by molar-refractivity contribution is -0.136. The number of anilines is 1. The highest BCUT2D eigenvalue weighted by Crippen LogP contribution is 2.38. The number of carbonyl (C=O) groups excluding carboxylic acids is 4. The molecule has 6 heterocycles. The fraction of sp³-hybridized carbons (Fsp3) is 0.350. The number of carbonyl (C=O) groups is 4. The van der Waals surface area contributed by atoms with Crippen molar-refractivity contribution in [2.45, 2.75) is 44.7 Å². The van der Waals surface area contributed by atoms with Crippen LogP contribution in [-0.4, -0.2) is 111 Å². The number of rotatable bonds is 13. The van der Waals surface area contributed by atoms with Gasteiger partial charge in [-0.2, -0.15) is 0 Å². The molecule has 2 aromatic carbocycles. The van der Waals surface area contributed by atoms with Crippen LogP contribution in [0, 0.1) is 0 Å². The average Bonchev–Trinajstić information content (AvgIpc) is 3.75. The number of pyridine rings is 2. The number of fused-ring (bicyclic) bond motifs is 2. The number of piperidine rings is 1. The summed E-state index contributed by atoms with van der Waals surface area (Å²) in [4.78, 5) is 72.3. The lowest BCUT2D eigenvalue weighted by Gasteiger charge is -2.40. The molecule has 5 aromatic rings. The van der Waals surface area contributed by atoms with Gasteiger partial charge in [-0.3, -0.25) is 48.8 Å². The monoisotopic (exact) mass is 775 g/mol. The van der Waals surface area contributed by atoms with Gasteiger partial charge < -0.3 is 23.7 Å². The largest absolute Gasteiger partial charge is 0.496 e. The molecule has 3 aliphatic heterocycles. The van der Waals surface area contributed by atoms with E-state index in [4.69, 9.17) is 14.2 Å². The normalized spacial score (nSPS) is 17.0. The number of nitrogens with one attached hydrogen (secondary N) is 1. The van der Waals surface area contributed by atoms with Gasteiger partial charge in [0, 0.05) is 69.5 Å². The first-order chi connectivity index (χ1) is 27.5. The SMILES string of the molecule is COc1cc(-c2cn(C)c(=O)c3cnccc23)cc(OC)c1CN(C)CCn1cc(COC2CN(c3ccc4c(c3)C(=O)N(C3CCC(=O)NC3=O)C4=O)C2)nn1. The van der Waals surface area contributed by atoms with Crippen LogP contribution in [0.4, 0.5) is 5.69 Å². The molecule has 0 saturated carbocycles. The van der Waals surface area contributed by atoms with E-state index in [1.165, 1.54) is 0 Å². The maximum Gasteiger partial charge on any atom is 0.262 e.